The Kier molecular flexibility index (Phi) is 3.52. The second-order valence-electron chi connectivity index (χ2n) is 4.03. The number of hydrogen-bond acceptors (Lipinski definition) is 5. The summed E-state index contributed by atoms with van der Waals surface area (Å²) in [6.45, 7) is 0.233. The van der Waals surface area contributed by atoms with Gasteiger partial charge in [0.2, 0.25) is 17.8 Å². The zero-order valence-electron chi connectivity index (χ0n) is 9.57. The van der Waals surface area contributed by atoms with Crippen LogP contribution in [0.3, 0.4) is 0 Å². The molecule has 1 aliphatic rings. The predicted molar refractivity (Wildman–Crippen MR) is 61.9 cm³/mol. The quantitative estimate of drug-likeness (QED) is 0.515. The van der Waals surface area contributed by atoms with Gasteiger partial charge in [0.1, 0.15) is 6.04 Å². The van der Waals surface area contributed by atoms with Gasteiger partial charge in [-0.25, -0.2) is 4.98 Å². The van der Waals surface area contributed by atoms with E-state index in [2.05, 4.69) is 15.6 Å². The molecule has 1 aliphatic heterocycles. The smallest absolute Gasteiger partial charge is 0.249 e. The molecule has 1 aromatic rings. The molecule has 0 spiro atoms. The Balaban J connectivity index is 2.13. The topological polar surface area (TPSA) is 97.1 Å². The van der Waals surface area contributed by atoms with Crippen molar-refractivity contribution in [2.24, 2.45) is 5.73 Å². The van der Waals surface area contributed by atoms with E-state index in [-0.39, 0.29) is 24.6 Å². The molecule has 1 unspecified atom stereocenters. The third kappa shape index (κ3) is 2.62. The van der Waals surface area contributed by atoms with E-state index in [4.69, 9.17) is 5.73 Å². The number of nitrogens with two attached hydrogens (primary N) is 1. The second-order valence-corrected chi connectivity index (χ2v) is 4.03. The van der Waals surface area contributed by atoms with E-state index < -0.39 is 17.9 Å². The van der Waals surface area contributed by atoms with Crippen molar-refractivity contribution in [1.82, 2.24) is 10.3 Å². The van der Waals surface area contributed by atoms with Crippen molar-refractivity contribution >= 4 is 17.5 Å². The fraction of sp³-hybridized carbons (Fsp3) is 0.364. The molecular weight excluding hydrogens is 239 g/mol. The molecule has 0 bridgehead atoms. The minimum atomic E-state index is -0.697. The number of carbonyl (C=O) groups excluding carboxylic acids is 2. The van der Waals surface area contributed by atoms with Gasteiger partial charge in [0.05, 0.1) is 5.69 Å². The van der Waals surface area contributed by atoms with E-state index in [1.54, 1.807) is 0 Å². The Bertz CT molecular complexity index is 492. The van der Waals surface area contributed by atoms with Gasteiger partial charge in [-0.3, -0.25) is 14.9 Å². The number of aromatic nitrogens is 1. The van der Waals surface area contributed by atoms with Gasteiger partial charge in [0.15, 0.2) is 0 Å². The molecule has 6 nitrogen and oxygen atoms in total. The number of nitrogens with one attached hydrogen (secondary N) is 2. The van der Waals surface area contributed by atoms with E-state index in [0.717, 1.165) is 0 Å². The lowest BCUT2D eigenvalue weighted by molar-refractivity contribution is -0.133. The van der Waals surface area contributed by atoms with Gasteiger partial charge in [-0.15, -0.1) is 0 Å². The summed E-state index contributed by atoms with van der Waals surface area (Å²) in [5.41, 5.74) is 6.21. The van der Waals surface area contributed by atoms with Crippen LogP contribution in [0.5, 0.6) is 0 Å². The average molecular weight is 252 g/mol. The summed E-state index contributed by atoms with van der Waals surface area (Å²) in [4.78, 5) is 26.0. The van der Waals surface area contributed by atoms with Crippen LogP contribution < -0.4 is 16.4 Å². The number of piperidine rings is 1. The third-order valence-corrected chi connectivity index (χ3v) is 2.70. The summed E-state index contributed by atoms with van der Waals surface area (Å²) in [5, 5.41) is 4.93. The molecule has 2 rings (SSSR count). The normalized spacial score (nSPS) is 19.6. The molecule has 4 N–H and O–H groups in total. The molecule has 1 fully saturated rings. The van der Waals surface area contributed by atoms with E-state index >= 15 is 0 Å². The SMILES string of the molecule is NCc1cnc(F)c(NC2CCC(=O)NC2=O)c1. The molecular formula is C11H13FN4O2. The fourth-order valence-electron chi connectivity index (χ4n) is 1.72. The van der Waals surface area contributed by atoms with Crippen molar-refractivity contribution in [2.45, 2.75) is 25.4 Å². The van der Waals surface area contributed by atoms with Crippen LogP contribution in [0.2, 0.25) is 0 Å². The lowest BCUT2D eigenvalue weighted by Gasteiger charge is -2.22. The Morgan fingerprint density at radius 3 is 3.00 bits per heavy atom. The molecule has 2 amide bonds. The number of halogens is 1. The first-order valence-corrected chi connectivity index (χ1v) is 5.55. The highest BCUT2D eigenvalue weighted by atomic mass is 19.1. The zero-order chi connectivity index (χ0) is 13.1. The molecule has 2 heterocycles. The van der Waals surface area contributed by atoms with E-state index in [0.29, 0.717) is 12.0 Å². The standard InChI is InChI=1S/C11H13FN4O2/c12-10-8(3-6(4-13)5-14-10)15-7-1-2-9(17)16-11(7)18/h3,5,7,15H,1-2,4,13H2,(H,16,17,18). The molecule has 0 radical (unpaired) electrons. The Morgan fingerprint density at radius 1 is 1.56 bits per heavy atom. The number of hydrogen-bond donors (Lipinski definition) is 3. The van der Waals surface area contributed by atoms with Gasteiger partial charge in [-0.1, -0.05) is 0 Å². The first kappa shape index (κ1) is 12.4. The number of anilines is 1. The maximum atomic E-state index is 13.5. The first-order valence-electron chi connectivity index (χ1n) is 5.55. The van der Waals surface area contributed by atoms with Crippen molar-refractivity contribution in [3.63, 3.8) is 0 Å². The molecule has 18 heavy (non-hydrogen) atoms. The Morgan fingerprint density at radius 2 is 2.33 bits per heavy atom. The van der Waals surface area contributed by atoms with Crippen molar-refractivity contribution < 1.29 is 14.0 Å². The summed E-state index contributed by atoms with van der Waals surface area (Å²) in [7, 11) is 0. The van der Waals surface area contributed by atoms with Gasteiger partial charge < -0.3 is 11.1 Å². The van der Waals surface area contributed by atoms with Gasteiger partial charge in [0, 0.05) is 19.2 Å². The average Bonchev–Trinajstić information content (AvgIpc) is 2.35. The highest BCUT2D eigenvalue weighted by Gasteiger charge is 2.27. The summed E-state index contributed by atoms with van der Waals surface area (Å²) >= 11 is 0. The largest absolute Gasteiger partial charge is 0.370 e. The van der Waals surface area contributed by atoms with Gasteiger partial charge in [-0.2, -0.15) is 4.39 Å². The van der Waals surface area contributed by atoms with Crippen molar-refractivity contribution in [3.05, 3.63) is 23.8 Å². The Hall–Kier alpha value is -2.02. The van der Waals surface area contributed by atoms with Crippen LogP contribution in [-0.4, -0.2) is 22.8 Å². The first-order chi connectivity index (χ1) is 8.60. The van der Waals surface area contributed by atoms with Crippen molar-refractivity contribution in [2.75, 3.05) is 5.32 Å². The van der Waals surface area contributed by atoms with Crippen molar-refractivity contribution in [1.29, 1.82) is 0 Å². The van der Waals surface area contributed by atoms with E-state index in [1.807, 2.05) is 0 Å². The van der Waals surface area contributed by atoms with Crippen molar-refractivity contribution in [3.8, 4) is 0 Å². The second kappa shape index (κ2) is 5.09. The molecule has 0 aliphatic carbocycles. The van der Waals surface area contributed by atoms with Crippen LogP contribution in [0.4, 0.5) is 10.1 Å². The number of imide groups is 1. The van der Waals surface area contributed by atoms with Gasteiger partial charge >= 0.3 is 0 Å². The summed E-state index contributed by atoms with van der Waals surface area (Å²) in [6, 6.07) is 0.874. The van der Waals surface area contributed by atoms with Crippen LogP contribution in [0.1, 0.15) is 18.4 Å². The number of rotatable bonds is 3. The fourth-order valence-corrected chi connectivity index (χ4v) is 1.72. The monoisotopic (exact) mass is 252 g/mol. The molecule has 7 heteroatoms. The van der Waals surface area contributed by atoms with Gasteiger partial charge in [0.25, 0.3) is 0 Å². The summed E-state index contributed by atoms with van der Waals surface area (Å²) < 4.78 is 13.5. The lowest BCUT2D eigenvalue weighted by Crippen LogP contribution is -2.47. The van der Waals surface area contributed by atoms with Gasteiger partial charge in [-0.05, 0) is 18.1 Å². The highest BCUT2D eigenvalue weighted by molar-refractivity contribution is 6.01. The van der Waals surface area contributed by atoms with E-state index in [1.165, 1.54) is 12.3 Å². The zero-order valence-corrected chi connectivity index (χ0v) is 9.57. The minimum absolute atomic E-state index is 0.118. The van der Waals surface area contributed by atoms with Crippen LogP contribution in [-0.2, 0) is 16.1 Å². The molecule has 96 valence electrons. The van der Waals surface area contributed by atoms with Crippen LogP contribution in [0, 0.1) is 5.95 Å². The lowest BCUT2D eigenvalue weighted by atomic mass is 10.1. The molecule has 0 saturated carbocycles. The van der Waals surface area contributed by atoms with Crippen LogP contribution in [0.15, 0.2) is 12.3 Å². The number of carbonyl (C=O) groups is 2. The number of pyridine rings is 1. The number of amides is 2. The molecule has 1 saturated heterocycles. The minimum Gasteiger partial charge on any atom is -0.370 e. The number of nitrogens with zero attached hydrogens (tertiary/aromatic N) is 1. The Labute approximate surface area is 103 Å². The predicted octanol–water partition coefficient (Wildman–Crippen LogP) is -0.104. The third-order valence-electron chi connectivity index (χ3n) is 2.70. The maximum absolute atomic E-state index is 13.5. The highest BCUT2D eigenvalue weighted by Crippen LogP contribution is 2.17. The summed E-state index contributed by atoms with van der Waals surface area (Å²) in [5.74, 6) is -1.46. The van der Waals surface area contributed by atoms with Crippen LogP contribution >= 0.6 is 0 Å². The summed E-state index contributed by atoms with van der Waals surface area (Å²) in [6.07, 6.45) is 1.90. The van der Waals surface area contributed by atoms with E-state index in [9.17, 15) is 14.0 Å². The molecule has 1 aromatic heterocycles. The molecule has 0 aromatic carbocycles. The molecule has 1 atom stereocenters. The van der Waals surface area contributed by atoms with Crippen LogP contribution in [0.25, 0.3) is 0 Å². The maximum Gasteiger partial charge on any atom is 0.249 e.